The van der Waals surface area contributed by atoms with E-state index in [9.17, 15) is 14.4 Å². The van der Waals surface area contributed by atoms with Gasteiger partial charge in [0.2, 0.25) is 0 Å². The van der Waals surface area contributed by atoms with E-state index in [0.717, 1.165) is 36.2 Å². The number of carbonyl (C=O) groups is 3. The van der Waals surface area contributed by atoms with Crippen LogP contribution in [0.15, 0.2) is 16.3 Å². The SMILES string of the molecule is CCC1=C(OC)C2C(=O)N(CC(=O)N3CCCCCC3)C(=O)[N+](C)=C2N=C1. The molecule has 0 aromatic carbocycles. The van der Waals surface area contributed by atoms with E-state index in [1.165, 1.54) is 11.7 Å². The molecule has 1 unspecified atom stereocenters. The van der Waals surface area contributed by atoms with Gasteiger partial charge in [0.25, 0.3) is 11.7 Å². The quantitative estimate of drug-likeness (QED) is 0.696. The molecule has 0 radical (unpaired) electrons. The van der Waals surface area contributed by atoms with Gasteiger partial charge < -0.3 is 9.64 Å². The minimum atomic E-state index is -0.783. The summed E-state index contributed by atoms with van der Waals surface area (Å²) in [6.07, 6.45) is 6.43. The topological polar surface area (TPSA) is 82.3 Å². The summed E-state index contributed by atoms with van der Waals surface area (Å²) in [4.78, 5) is 45.7. The molecule has 0 bridgehead atoms. The van der Waals surface area contributed by atoms with Crippen molar-refractivity contribution >= 4 is 29.9 Å². The smallest absolute Gasteiger partial charge is 0.446 e. The molecule has 4 amide bonds. The molecule has 27 heavy (non-hydrogen) atoms. The first-order chi connectivity index (χ1) is 13.0. The van der Waals surface area contributed by atoms with Crippen molar-refractivity contribution in [3.05, 3.63) is 11.3 Å². The lowest BCUT2D eigenvalue weighted by molar-refractivity contribution is -0.408. The average Bonchev–Trinajstić information content (AvgIpc) is 2.97. The maximum atomic E-state index is 13.1. The highest BCUT2D eigenvalue weighted by molar-refractivity contribution is 6.16. The van der Waals surface area contributed by atoms with E-state index in [4.69, 9.17) is 4.74 Å². The summed E-state index contributed by atoms with van der Waals surface area (Å²) in [6, 6.07) is -0.526. The zero-order valence-electron chi connectivity index (χ0n) is 16.2. The molecule has 3 aliphatic rings. The highest BCUT2D eigenvalue weighted by atomic mass is 16.5. The van der Waals surface area contributed by atoms with Crippen LogP contribution in [0.1, 0.15) is 39.0 Å². The summed E-state index contributed by atoms with van der Waals surface area (Å²) in [7, 11) is 3.08. The molecule has 3 aliphatic heterocycles. The van der Waals surface area contributed by atoms with E-state index in [1.54, 1.807) is 18.2 Å². The number of methoxy groups -OCH3 is 1. The number of carbonyl (C=O) groups excluding carboxylic acids is 3. The molecule has 3 heterocycles. The molecule has 1 saturated heterocycles. The lowest BCUT2D eigenvalue weighted by Crippen LogP contribution is -2.57. The summed E-state index contributed by atoms with van der Waals surface area (Å²) in [5.41, 5.74) is 0.821. The Kier molecular flexibility index (Phi) is 5.72. The van der Waals surface area contributed by atoms with Gasteiger partial charge in [-0.2, -0.15) is 9.48 Å². The van der Waals surface area contributed by atoms with Crippen LogP contribution >= 0.6 is 0 Å². The standard InChI is InChI=1S/C19H27N4O4/c1-4-13-11-20-17-15(16(13)27-3)18(25)23(19(26)21(17)2)12-14(24)22-9-7-5-6-8-10-22/h11,15H,4-10,12H2,1-3H3/q+1. The van der Waals surface area contributed by atoms with E-state index in [-0.39, 0.29) is 12.5 Å². The number of allylic oxidation sites excluding steroid dienone is 1. The zero-order valence-corrected chi connectivity index (χ0v) is 16.2. The van der Waals surface area contributed by atoms with Gasteiger partial charge in [0.15, 0.2) is 12.5 Å². The molecule has 3 rings (SSSR count). The van der Waals surface area contributed by atoms with E-state index in [2.05, 4.69) is 4.99 Å². The first-order valence-electron chi connectivity index (χ1n) is 9.54. The average molecular weight is 375 g/mol. The van der Waals surface area contributed by atoms with E-state index in [0.29, 0.717) is 31.1 Å². The van der Waals surface area contributed by atoms with Gasteiger partial charge in [0.05, 0.1) is 14.2 Å². The number of ether oxygens (including phenoxy) is 1. The number of imide groups is 1. The number of nitrogens with zero attached hydrogens (tertiary/aromatic N) is 4. The van der Waals surface area contributed by atoms with Gasteiger partial charge in [0, 0.05) is 18.7 Å². The van der Waals surface area contributed by atoms with E-state index >= 15 is 0 Å². The summed E-state index contributed by atoms with van der Waals surface area (Å²) >= 11 is 0. The number of rotatable bonds is 4. The molecule has 0 aromatic heterocycles. The van der Waals surface area contributed by atoms with Crippen molar-refractivity contribution in [3.8, 4) is 0 Å². The summed E-state index contributed by atoms with van der Waals surface area (Å²) in [5.74, 6) is -0.574. The largest absolute Gasteiger partial charge is 0.499 e. The Hall–Kier alpha value is -2.51. The van der Waals surface area contributed by atoms with Crippen LogP contribution in [0, 0.1) is 5.92 Å². The van der Waals surface area contributed by atoms with Gasteiger partial charge in [-0.15, -0.1) is 4.99 Å². The van der Waals surface area contributed by atoms with Crippen LogP contribution in [0.4, 0.5) is 4.79 Å². The first-order valence-corrected chi connectivity index (χ1v) is 9.54. The number of amidine groups is 1. The van der Waals surface area contributed by atoms with Crippen LogP contribution in [0.5, 0.6) is 0 Å². The van der Waals surface area contributed by atoms with Gasteiger partial charge in [-0.05, 0) is 19.3 Å². The van der Waals surface area contributed by atoms with E-state index in [1.807, 2.05) is 6.92 Å². The van der Waals surface area contributed by atoms with Crippen molar-refractivity contribution in [1.29, 1.82) is 0 Å². The molecule has 1 fully saturated rings. The summed E-state index contributed by atoms with van der Waals surface area (Å²) in [5, 5.41) is 0. The lowest BCUT2D eigenvalue weighted by atomic mass is 9.94. The van der Waals surface area contributed by atoms with Crippen LogP contribution in [0.3, 0.4) is 0 Å². The van der Waals surface area contributed by atoms with Crippen LogP contribution in [-0.4, -0.2) is 78.1 Å². The summed E-state index contributed by atoms with van der Waals surface area (Å²) in [6.45, 7) is 3.07. The number of hydrogen-bond donors (Lipinski definition) is 0. The van der Waals surface area contributed by atoms with Crippen LogP contribution < -0.4 is 0 Å². The van der Waals surface area contributed by atoms with Gasteiger partial charge in [-0.3, -0.25) is 9.59 Å². The lowest BCUT2D eigenvalue weighted by Gasteiger charge is -2.30. The number of hydrogen-bond acceptors (Lipinski definition) is 5. The number of amides is 4. The van der Waals surface area contributed by atoms with E-state index < -0.39 is 17.9 Å². The molecule has 0 aliphatic carbocycles. The number of urea groups is 1. The second-order valence-electron chi connectivity index (χ2n) is 7.06. The van der Waals surface area contributed by atoms with Crippen molar-refractivity contribution in [2.75, 3.05) is 33.8 Å². The van der Waals surface area contributed by atoms with Gasteiger partial charge in [-0.25, -0.2) is 4.79 Å². The maximum absolute atomic E-state index is 13.1. The Labute approximate surface area is 159 Å². The highest BCUT2D eigenvalue weighted by Crippen LogP contribution is 2.28. The molecule has 0 N–H and O–H groups in total. The van der Waals surface area contributed by atoms with Crippen molar-refractivity contribution < 1.29 is 23.7 Å². The predicted molar refractivity (Wildman–Crippen MR) is 99.7 cm³/mol. The molecule has 1 atom stereocenters. The summed E-state index contributed by atoms with van der Waals surface area (Å²) < 4.78 is 6.83. The third kappa shape index (κ3) is 3.52. The molecule has 0 spiro atoms. The third-order valence-corrected chi connectivity index (χ3v) is 5.42. The number of likely N-dealkylation sites (tertiary alicyclic amines) is 1. The Balaban J connectivity index is 1.88. The maximum Gasteiger partial charge on any atom is 0.446 e. The molecule has 8 heteroatoms. The Morgan fingerprint density at radius 2 is 1.93 bits per heavy atom. The molecule has 8 nitrogen and oxygen atoms in total. The second kappa shape index (κ2) is 8.02. The fraction of sp³-hybridized carbons (Fsp3) is 0.632. The van der Waals surface area contributed by atoms with Crippen molar-refractivity contribution in [1.82, 2.24) is 9.80 Å². The predicted octanol–water partition coefficient (Wildman–Crippen LogP) is 1.40. The molecule has 146 valence electrons. The number of aliphatic imine (C=N–C) groups is 1. The van der Waals surface area contributed by atoms with Crippen molar-refractivity contribution in [3.63, 3.8) is 0 Å². The number of fused-ring (bicyclic) bond motifs is 1. The third-order valence-electron chi connectivity index (χ3n) is 5.42. The van der Waals surface area contributed by atoms with Gasteiger partial charge >= 0.3 is 11.9 Å². The first kappa shape index (κ1) is 19.3. The Morgan fingerprint density at radius 3 is 2.52 bits per heavy atom. The monoisotopic (exact) mass is 375 g/mol. The van der Waals surface area contributed by atoms with Crippen LogP contribution in [0.25, 0.3) is 0 Å². The fourth-order valence-electron chi connectivity index (χ4n) is 3.83. The Bertz CT molecular complexity index is 745. The number of dihydropyridines is 1. The normalized spacial score (nSPS) is 23.6. The molecular weight excluding hydrogens is 348 g/mol. The zero-order chi connectivity index (χ0) is 19.6. The minimum absolute atomic E-state index is 0.187. The fourth-order valence-corrected chi connectivity index (χ4v) is 3.83. The van der Waals surface area contributed by atoms with Crippen molar-refractivity contribution in [2.24, 2.45) is 10.9 Å². The second-order valence-corrected chi connectivity index (χ2v) is 7.06. The van der Waals surface area contributed by atoms with Gasteiger partial charge in [0.1, 0.15) is 12.0 Å². The Morgan fingerprint density at radius 1 is 1.26 bits per heavy atom. The van der Waals surface area contributed by atoms with Gasteiger partial charge in [-0.1, -0.05) is 19.8 Å². The minimum Gasteiger partial charge on any atom is -0.499 e. The van der Waals surface area contributed by atoms with Crippen LogP contribution in [0.2, 0.25) is 0 Å². The molecular formula is C19H27N4O4+. The van der Waals surface area contributed by atoms with Crippen molar-refractivity contribution in [2.45, 2.75) is 39.0 Å². The highest BCUT2D eigenvalue weighted by Gasteiger charge is 2.51. The molecule has 0 aromatic rings. The van der Waals surface area contributed by atoms with Crippen LogP contribution in [-0.2, 0) is 14.3 Å². The molecule has 0 saturated carbocycles.